The highest BCUT2D eigenvalue weighted by atomic mass is 19.3. The number of benzene rings is 2. The minimum absolute atomic E-state index is 0.155. The predicted octanol–water partition coefficient (Wildman–Crippen LogP) is 5.08. The maximum absolute atomic E-state index is 15.3. The quantitative estimate of drug-likeness (QED) is 0.188. The fraction of sp³-hybridized carbons (Fsp3) is 0.578. The van der Waals surface area contributed by atoms with Crippen molar-refractivity contribution in [1.82, 2.24) is 14.8 Å². The third kappa shape index (κ3) is 5.17. The number of alkyl halides is 2. The number of aromatic nitrogens is 1. The molecule has 316 valence electrons. The number of carbonyl (C=O) groups is 3. The number of aliphatic hydroxyl groups is 1. The summed E-state index contributed by atoms with van der Waals surface area (Å²) in [7, 11) is 5.94. The van der Waals surface area contributed by atoms with Crippen molar-refractivity contribution in [3.05, 3.63) is 70.9 Å². The van der Waals surface area contributed by atoms with Crippen LogP contribution in [0.5, 0.6) is 5.75 Å². The lowest BCUT2D eigenvalue weighted by Gasteiger charge is -2.63. The third-order valence-electron chi connectivity index (χ3n) is 15.3. The number of methoxy groups -OCH3 is 3. The molecule has 1 aromatic heterocycles. The first-order valence-electron chi connectivity index (χ1n) is 20.7. The highest BCUT2D eigenvalue weighted by Crippen LogP contribution is 2.68. The lowest BCUT2D eigenvalue weighted by atomic mass is 9.47. The zero-order valence-corrected chi connectivity index (χ0v) is 34.8. The van der Waals surface area contributed by atoms with Gasteiger partial charge in [0.15, 0.2) is 6.10 Å². The third-order valence-corrected chi connectivity index (χ3v) is 15.3. The SMILES string of the molecule is CC[C@]12C=CCN3CC[C@@]4(c5cc([C@@]6(C(=O)OC)C[C@@H]7C[C@@H](C(C)(F)F)CN(Cc8c6[nH]c6ccccc86)C7)c(OC)cc5N(C)[C@H]4[C@@](O)(C(=O)OC)[C@@H]1OC(C)=O)[C@@H]32. The van der Waals surface area contributed by atoms with Crippen LogP contribution in [0, 0.1) is 17.3 Å². The Hall–Kier alpha value is -4.53. The molecule has 2 N–H and O–H groups in total. The van der Waals surface area contributed by atoms with Crippen LogP contribution in [-0.4, -0.2) is 122 Å². The number of halogens is 2. The van der Waals surface area contributed by atoms with Crippen LogP contribution in [-0.2, 0) is 46.0 Å². The van der Waals surface area contributed by atoms with Crippen molar-refractivity contribution in [2.24, 2.45) is 17.3 Å². The van der Waals surface area contributed by atoms with Gasteiger partial charge < -0.3 is 33.9 Å². The second-order valence-corrected chi connectivity index (χ2v) is 18.0. The van der Waals surface area contributed by atoms with Crippen LogP contribution in [0.25, 0.3) is 10.9 Å². The van der Waals surface area contributed by atoms with Gasteiger partial charge in [-0.1, -0.05) is 37.3 Å². The fourth-order valence-electron chi connectivity index (χ4n) is 13.2. The van der Waals surface area contributed by atoms with Crippen molar-refractivity contribution in [2.75, 3.05) is 59.5 Å². The van der Waals surface area contributed by atoms with Crippen LogP contribution < -0.4 is 9.64 Å². The number of ether oxygens (including phenoxy) is 4. The van der Waals surface area contributed by atoms with E-state index in [4.69, 9.17) is 18.9 Å². The first-order valence-corrected chi connectivity index (χ1v) is 20.7. The molecular weight excluding hydrogens is 763 g/mol. The molecule has 14 heteroatoms. The van der Waals surface area contributed by atoms with Crippen LogP contribution in [0.3, 0.4) is 0 Å². The van der Waals surface area contributed by atoms with E-state index in [-0.39, 0.29) is 31.3 Å². The Labute approximate surface area is 342 Å². The molecule has 2 bridgehead atoms. The van der Waals surface area contributed by atoms with Gasteiger partial charge in [-0.05, 0) is 68.3 Å². The molecule has 1 aliphatic carbocycles. The molecular formula is C45H54F2N4O8. The Morgan fingerprint density at radius 3 is 2.46 bits per heavy atom. The smallest absolute Gasteiger partial charge is 0.344 e. The number of fused-ring (bicyclic) bond motifs is 6. The van der Waals surface area contributed by atoms with Crippen molar-refractivity contribution in [3.8, 4) is 5.75 Å². The minimum Gasteiger partial charge on any atom is -0.496 e. The average molecular weight is 817 g/mol. The van der Waals surface area contributed by atoms with Crippen LogP contribution >= 0.6 is 0 Å². The monoisotopic (exact) mass is 816 g/mol. The number of likely N-dealkylation sites (N-methyl/N-ethyl adjacent to an activating group) is 1. The molecule has 3 aromatic rings. The lowest BCUT2D eigenvalue weighted by molar-refractivity contribution is -0.228. The number of H-pyrrole nitrogens is 1. The standard InChI is InChI=1S/C45H54F2N4O8/c1-8-42-14-11-16-51-17-15-43(36(42)51)30-19-31(34(56-5)20-33(30)49(4)37(43)45(55,40(54)58-7)38(42)59-25(2)52)44(39(53)57-6)21-26-18-27(41(3,46)47)23-50(22-26)24-29-28-12-9-10-13-32(28)48-35(29)44/h9-14,19-20,26-27,36-38,48,55H,8,15-18,21-24H2,1-7H3/t26-,27+,36-,37+,38+,42+,43+,44-,45-/m0/s1. The number of hydrogen-bond donors (Lipinski definition) is 2. The molecule has 2 aromatic carbocycles. The molecule has 0 radical (unpaired) electrons. The number of esters is 3. The Bertz CT molecular complexity index is 2270. The number of piperidine rings is 1. The van der Waals surface area contributed by atoms with E-state index in [1.165, 1.54) is 28.3 Å². The maximum atomic E-state index is 15.3. The lowest BCUT2D eigenvalue weighted by Crippen LogP contribution is -2.81. The van der Waals surface area contributed by atoms with E-state index in [2.05, 4.69) is 14.8 Å². The van der Waals surface area contributed by atoms with Gasteiger partial charge in [0, 0.05) is 96.9 Å². The molecule has 1 spiro atoms. The Morgan fingerprint density at radius 2 is 1.78 bits per heavy atom. The molecule has 5 aliphatic heterocycles. The number of anilines is 1. The van der Waals surface area contributed by atoms with Gasteiger partial charge in [-0.3, -0.25) is 19.4 Å². The predicted molar refractivity (Wildman–Crippen MR) is 214 cm³/mol. The van der Waals surface area contributed by atoms with E-state index in [0.717, 1.165) is 29.0 Å². The average Bonchev–Trinajstić information content (AvgIpc) is 3.86. The number of para-hydroxylation sites is 1. The Balaban J connectivity index is 1.35. The van der Waals surface area contributed by atoms with Crippen LogP contribution in [0.2, 0.25) is 0 Å². The zero-order chi connectivity index (χ0) is 42.0. The Morgan fingerprint density at radius 1 is 1.03 bits per heavy atom. The molecule has 3 fully saturated rings. The van der Waals surface area contributed by atoms with Crippen LogP contribution in [0.15, 0.2) is 48.6 Å². The molecule has 2 saturated heterocycles. The molecule has 9 rings (SSSR count). The summed E-state index contributed by atoms with van der Waals surface area (Å²) in [5.41, 5.74) is -1.64. The number of nitrogens with zero attached hydrogens (tertiary/aromatic N) is 3. The molecule has 12 nitrogen and oxygen atoms in total. The van der Waals surface area contributed by atoms with Gasteiger partial charge in [-0.2, -0.15) is 0 Å². The fourth-order valence-corrected chi connectivity index (χ4v) is 13.2. The number of rotatable bonds is 7. The molecule has 0 amide bonds. The summed E-state index contributed by atoms with van der Waals surface area (Å²) < 4.78 is 54.3. The first-order chi connectivity index (χ1) is 28.1. The summed E-state index contributed by atoms with van der Waals surface area (Å²) in [6.45, 7) is 6.55. The van der Waals surface area contributed by atoms with Gasteiger partial charge in [0.05, 0.1) is 27.4 Å². The van der Waals surface area contributed by atoms with Crippen molar-refractivity contribution < 1.29 is 47.2 Å². The summed E-state index contributed by atoms with van der Waals surface area (Å²) in [5.74, 6) is -5.92. The van der Waals surface area contributed by atoms with Crippen molar-refractivity contribution >= 4 is 34.5 Å². The van der Waals surface area contributed by atoms with E-state index in [1.807, 2.05) is 67.4 Å². The second kappa shape index (κ2) is 13.5. The highest BCUT2D eigenvalue weighted by Gasteiger charge is 2.80. The van der Waals surface area contributed by atoms with E-state index >= 15 is 13.6 Å². The zero-order valence-electron chi connectivity index (χ0n) is 34.8. The molecule has 1 saturated carbocycles. The van der Waals surface area contributed by atoms with Crippen LogP contribution in [0.4, 0.5) is 14.5 Å². The summed E-state index contributed by atoms with van der Waals surface area (Å²) in [5, 5.41) is 14.2. The molecule has 6 aliphatic rings. The topological polar surface area (TPSA) is 134 Å². The van der Waals surface area contributed by atoms with Crippen molar-refractivity contribution in [2.45, 2.75) is 93.5 Å². The van der Waals surface area contributed by atoms with Crippen molar-refractivity contribution in [1.29, 1.82) is 0 Å². The van der Waals surface area contributed by atoms with Crippen LogP contribution in [0.1, 0.15) is 68.8 Å². The normalized spacial score (nSPS) is 35.8. The number of hydrogen-bond acceptors (Lipinski definition) is 11. The van der Waals surface area contributed by atoms with Gasteiger partial charge in [-0.25, -0.2) is 13.6 Å². The molecule has 10 atom stereocenters. The number of aromatic amines is 1. The first kappa shape index (κ1) is 39.9. The van der Waals surface area contributed by atoms with E-state index < -0.39 is 63.7 Å². The van der Waals surface area contributed by atoms with Gasteiger partial charge >= 0.3 is 17.9 Å². The summed E-state index contributed by atoms with van der Waals surface area (Å²) >= 11 is 0. The summed E-state index contributed by atoms with van der Waals surface area (Å²) in [4.78, 5) is 52.5. The number of carbonyl (C=O) groups excluding carboxylic acids is 3. The van der Waals surface area contributed by atoms with Crippen molar-refractivity contribution in [3.63, 3.8) is 0 Å². The van der Waals surface area contributed by atoms with Gasteiger partial charge in [-0.15, -0.1) is 0 Å². The Kier molecular flexibility index (Phi) is 9.12. The second-order valence-electron chi connectivity index (χ2n) is 18.0. The summed E-state index contributed by atoms with van der Waals surface area (Å²) in [6.07, 6.45) is 4.04. The minimum atomic E-state index is -2.94. The van der Waals surface area contributed by atoms with E-state index in [0.29, 0.717) is 61.7 Å². The van der Waals surface area contributed by atoms with Gasteiger partial charge in [0.25, 0.3) is 0 Å². The highest BCUT2D eigenvalue weighted by molar-refractivity contribution is 5.95. The van der Waals surface area contributed by atoms with Gasteiger partial charge in [0.2, 0.25) is 11.5 Å². The van der Waals surface area contributed by atoms with E-state index in [1.54, 1.807) is 0 Å². The van der Waals surface area contributed by atoms with Gasteiger partial charge in [0.1, 0.15) is 11.2 Å². The number of nitrogens with one attached hydrogen (secondary N) is 1. The molecule has 59 heavy (non-hydrogen) atoms. The summed E-state index contributed by atoms with van der Waals surface area (Å²) in [6, 6.07) is 10.3. The molecule has 6 heterocycles. The largest absolute Gasteiger partial charge is 0.496 e. The van der Waals surface area contributed by atoms with E-state index in [9.17, 15) is 14.7 Å². The maximum Gasteiger partial charge on any atom is 0.344 e. The molecule has 1 unspecified atom stereocenters.